The van der Waals surface area contributed by atoms with Crippen LogP contribution in [0.1, 0.15) is 30.7 Å². The van der Waals surface area contributed by atoms with Crippen LogP contribution in [0.15, 0.2) is 18.2 Å². The zero-order chi connectivity index (χ0) is 12.3. The van der Waals surface area contributed by atoms with Crippen LogP contribution in [0.4, 0.5) is 0 Å². The van der Waals surface area contributed by atoms with E-state index in [-0.39, 0.29) is 0 Å². The lowest BCUT2D eigenvalue weighted by atomic mass is 9.86. The van der Waals surface area contributed by atoms with Crippen molar-refractivity contribution in [2.75, 3.05) is 13.1 Å². The van der Waals surface area contributed by atoms with E-state index in [1.54, 1.807) is 0 Å². The second-order valence-electron chi connectivity index (χ2n) is 4.57. The van der Waals surface area contributed by atoms with Crippen molar-refractivity contribution in [3.05, 3.63) is 33.8 Å². The van der Waals surface area contributed by atoms with Gasteiger partial charge in [0.1, 0.15) is 0 Å². The van der Waals surface area contributed by atoms with Gasteiger partial charge in [-0.15, -0.1) is 0 Å². The topological polar surface area (TPSA) is 38.0 Å². The molecule has 1 heterocycles. The van der Waals surface area contributed by atoms with Crippen LogP contribution in [0.5, 0.6) is 0 Å². The molecule has 2 nitrogen and oxygen atoms in total. The van der Waals surface area contributed by atoms with Crippen molar-refractivity contribution < 1.29 is 0 Å². The highest BCUT2D eigenvalue weighted by molar-refractivity contribution is 6.42. The Balaban J connectivity index is 2.18. The maximum Gasteiger partial charge on any atom is 0.0595 e. The molecule has 17 heavy (non-hydrogen) atoms. The molecule has 1 aromatic rings. The van der Waals surface area contributed by atoms with Gasteiger partial charge in [0, 0.05) is 18.5 Å². The fourth-order valence-electron chi connectivity index (χ4n) is 2.50. The first-order valence-electron chi connectivity index (χ1n) is 6.10. The summed E-state index contributed by atoms with van der Waals surface area (Å²) in [6.45, 7) is 1.72. The average Bonchev–Trinajstić information content (AvgIpc) is 2.36. The molecule has 2 rings (SSSR count). The van der Waals surface area contributed by atoms with E-state index in [9.17, 15) is 0 Å². The minimum absolute atomic E-state index is 0.324. The Bertz CT molecular complexity index is 376. The van der Waals surface area contributed by atoms with Gasteiger partial charge in [-0.2, -0.15) is 0 Å². The lowest BCUT2D eigenvalue weighted by molar-refractivity contribution is 0.352. The number of nitrogens with one attached hydrogen (secondary N) is 1. The minimum atomic E-state index is 0.324. The molecule has 3 N–H and O–H groups in total. The molecule has 1 fully saturated rings. The van der Waals surface area contributed by atoms with Crippen LogP contribution < -0.4 is 11.1 Å². The molecule has 1 aromatic carbocycles. The zero-order valence-electron chi connectivity index (χ0n) is 9.76. The van der Waals surface area contributed by atoms with Gasteiger partial charge >= 0.3 is 0 Å². The number of hydrogen-bond acceptors (Lipinski definition) is 2. The number of hydrogen-bond donors (Lipinski definition) is 2. The molecule has 0 aromatic heterocycles. The van der Waals surface area contributed by atoms with Gasteiger partial charge in [-0.05, 0) is 37.1 Å². The summed E-state index contributed by atoms with van der Waals surface area (Å²) in [5, 5.41) is 4.76. The first-order chi connectivity index (χ1) is 8.22. The Morgan fingerprint density at radius 3 is 2.71 bits per heavy atom. The molecule has 0 spiro atoms. The Kier molecular flexibility index (Phi) is 4.69. The van der Waals surface area contributed by atoms with Crippen LogP contribution in [-0.4, -0.2) is 19.1 Å². The van der Waals surface area contributed by atoms with Crippen molar-refractivity contribution in [2.45, 2.75) is 31.2 Å². The molecule has 1 saturated heterocycles. The van der Waals surface area contributed by atoms with Gasteiger partial charge in [-0.3, -0.25) is 0 Å². The van der Waals surface area contributed by atoms with E-state index in [0.29, 0.717) is 28.5 Å². The summed E-state index contributed by atoms with van der Waals surface area (Å²) in [6, 6.07) is 6.29. The smallest absolute Gasteiger partial charge is 0.0595 e. The second kappa shape index (κ2) is 6.05. The highest BCUT2D eigenvalue weighted by Crippen LogP contribution is 2.29. The number of rotatable bonds is 3. The third-order valence-corrected chi connectivity index (χ3v) is 4.20. The van der Waals surface area contributed by atoms with Gasteiger partial charge in [0.25, 0.3) is 0 Å². The van der Waals surface area contributed by atoms with Crippen molar-refractivity contribution in [3.8, 4) is 0 Å². The third-order valence-electron chi connectivity index (χ3n) is 3.46. The molecule has 2 atom stereocenters. The van der Waals surface area contributed by atoms with E-state index >= 15 is 0 Å². The van der Waals surface area contributed by atoms with Crippen molar-refractivity contribution >= 4 is 23.2 Å². The molecule has 0 saturated carbocycles. The normalized spacial score (nSPS) is 22.4. The van der Waals surface area contributed by atoms with Gasteiger partial charge in [0.15, 0.2) is 0 Å². The minimum Gasteiger partial charge on any atom is -0.330 e. The van der Waals surface area contributed by atoms with Gasteiger partial charge in [-0.25, -0.2) is 0 Å². The summed E-state index contributed by atoms with van der Waals surface area (Å²) in [5.41, 5.74) is 7.09. The van der Waals surface area contributed by atoms with Gasteiger partial charge in [-0.1, -0.05) is 35.7 Å². The molecule has 1 aliphatic heterocycles. The predicted molar refractivity (Wildman–Crippen MR) is 73.9 cm³/mol. The highest BCUT2D eigenvalue weighted by Gasteiger charge is 2.23. The van der Waals surface area contributed by atoms with Crippen LogP contribution >= 0.6 is 23.2 Å². The standard InChI is InChI=1S/C13H18Cl2N2/c14-11-5-4-9(7-12(11)15)10(8-16)13-3-1-2-6-17-13/h4-5,7,10,13,17H,1-3,6,8,16H2. The number of nitrogens with two attached hydrogens (primary N) is 1. The second-order valence-corrected chi connectivity index (χ2v) is 5.39. The molecular formula is C13H18Cl2N2. The van der Waals surface area contributed by atoms with E-state index < -0.39 is 0 Å². The summed E-state index contributed by atoms with van der Waals surface area (Å²) in [4.78, 5) is 0. The lowest BCUT2D eigenvalue weighted by Crippen LogP contribution is -2.41. The summed E-state index contributed by atoms with van der Waals surface area (Å²) >= 11 is 12.0. The molecular weight excluding hydrogens is 255 g/mol. The van der Waals surface area contributed by atoms with E-state index in [0.717, 1.165) is 6.54 Å². The first kappa shape index (κ1) is 13.2. The van der Waals surface area contributed by atoms with Crippen LogP contribution in [-0.2, 0) is 0 Å². The van der Waals surface area contributed by atoms with Crippen LogP contribution in [0.25, 0.3) is 0 Å². The van der Waals surface area contributed by atoms with Crippen LogP contribution in [0.3, 0.4) is 0 Å². The summed E-state index contributed by atoms with van der Waals surface area (Å²) in [5.74, 6) is 0.324. The quantitative estimate of drug-likeness (QED) is 0.887. The van der Waals surface area contributed by atoms with Gasteiger partial charge < -0.3 is 11.1 Å². The largest absolute Gasteiger partial charge is 0.330 e. The number of halogens is 2. The molecule has 0 amide bonds. The highest BCUT2D eigenvalue weighted by atomic mass is 35.5. The molecule has 2 unspecified atom stereocenters. The van der Waals surface area contributed by atoms with E-state index in [4.69, 9.17) is 28.9 Å². The van der Waals surface area contributed by atoms with Crippen molar-refractivity contribution in [3.63, 3.8) is 0 Å². The first-order valence-corrected chi connectivity index (χ1v) is 6.86. The monoisotopic (exact) mass is 272 g/mol. The Hall–Kier alpha value is -0.280. The zero-order valence-corrected chi connectivity index (χ0v) is 11.3. The van der Waals surface area contributed by atoms with Crippen LogP contribution in [0.2, 0.25) is 10.0 Å². The van der Waals surface area contributed by atoms with Gasteiger partial charge in [0.05, 0.1) is 10.0 Å². The summed E-state index contributed by atoms with van der Waals surface area (Å²) in [7, 11) is 0. The Morgan fingerprint density at radius 2 is 2.12 bits per heavy atom. The summed E-state index contributed by atoms with van der Waals surface area (Å²) < 4.78 is 0. The van der Waals surface area contributed by atoms with Crippen molar-refractivity contribution in [1.82, 2.24) is 5.32 Å². The van der Waals surface area contributed by atoms with E-state index in [1.807, 2.05) is 18.2 Å². The fraction of sp³-hybridized carbons (Fsp3) is 0.538. The number of piperidine rings is 1. The molecule has 0 aliphatic carbocycles. The number of benzene rings is 1. The van der Waals surface area contributed by atoms with E-state index in [2.05, 4.69) is 5.32 Å². The Morgan fingerprint density at radius 1 is 1.29 bits per heavy atom. The lowest BCUT2D eigenvalue weighted by Gasteiger charge is -2.31. The fourth-order valence-corrected chi connectivity index (χ4v) is 2.80. The predicted octanol–water partition coefficient (Wildman–Crippen LogP) is 3.18. The molecule has 0 bridgehead atoms. The molecule has 1 aliphatic rings. The maximum absolute atomic E-state index is 6.06. The van der Waals surface area contributed by atoms with E-state index in [1.165, 1.54) is 24.8 Å². The summed E-state index contributed by atoms with van der Waals surface area (Å²) in [6.07, 6.45) is 3.72. The average molecular weight is 273 g/mol. The third kappa shape index (κ3) is 3.14. The maximum atomic E-state index is 6.06. The molecule has 0 radical (unpaired) electrons. The molecule has 4 heteroatoms. The SMILES string of the molecule is NCC(c1ccc(Cl)c(Cl)c1)C1CCCCN1. The van der Waals surface area contributed by atoms with Gasteiger partial charge in [0.2, 0.25) is 0 Å². The Labute approximate surface area is 112 Å². The van der Waals surface area contributed by atoms with Crippen LogP contribution in [0, 0.1) is 0 Å². The van der Waals surface area contributed by atoms with Crippen molar-refractivity contribution in [1.29, 1.82) is 0 Å². The molecule has 94 valence electrons. The van der Waals surface area contributed by atoms with Crippen molar-refractivity contribution in [2.24, 2.45) is 5.73 Å².